The molecule has 0 spiro atoms. The Morgan fingerprint density at radius 2 is 1.89 bits per heavy atom. The maximum absolute atomic E-state index is 13.8. The molecule has 1 aliphatic heterocycles. The van der Waals surface area contributed by atoms with Gasteiger partial charge in [-0.2, -0.15) is 0 Å². The highest BCUT2D eigenvalue weighted by atomic mass is 35.5. The van der Waals surface area contributed by atoms with Crippen molar-refractivity contribution in [3.05, 3.63) is 69.5 Å². The number of aryl methyl sites for hydroxylation is 1. The number of halogens is 1. The minimum absolute atomic E-state index is 0.0251. The number of carbonyl (C=O) groups is 2. The van der Waals surface area contributed by atoms with Gasteiger partial charge in [0, 0.05) is 25.8 Å². The summed E-state index contributed by atoms with van der Waals surface area (Å²) >= 11 is 6.55. The van der Waals surface area contributed by atoms with Gasteiger partial charge >= 0.3 is 6.09 Å². The number of fused-ring (bicyclic) bond motifs is 1. The molecule has 0 aliphatic carbocycles. The van der Waals surface area contributed by atoms with E-state index in [9.17, 15) is 14.4 Å². The first-order valence-corrected chi connectivity index (χ1v) is 13.0. The number of anilines is 1. The fourth-order valence-corrected chi connectivity index (χ4v) is 4.77. The van der Waals surface area contributed by atoms with Crippen LogP contribution in [0.25, 0.3) is 10.9 Å². The number of benzene rings is 2. The van der Waals surface area contributed by atoms with E-state index in [0.717, 1.165) is 0 Å². The summed E-state index contributed by atoms with van der Waals surface area (Å²) in [6.45, 7) is 6.90. The topological polar surface area (TPSA) is 90.3 Å². The fourth-order valence-electron chi connectivity index (χ4n) is 4.51. The van der Waals surface area contributed by atoms with Crippen LogP contribution in [0.4, 0.5) is 10.5 Å². The Morgan fingerprint density at radius 1 is 1.16 bits per heavy atom. The van der Waals surface area contributed by atoms with Crippen molar-refractivity contribution in [3.8, 4) is 5.75 Å². The summed E-state index contributed by atoms with van der Waals surface area (Å²) in [5.74, 6) is -0.325. The first-order valence-electron chi connectivity index (χ1n) is 12.6. The summed E-state index contributed by atoms with van der Waals surface area (Å²) < 4.78 is 18.4. The Balaban J connectivity index is 1.68. The van der Waals surface area contributed by atoms with Crippen LogP contribution in [-0.2, 0) is 16.5 Å². The number of carbonyl (C=O) groups excluding carboxylic acids is 2. The SMILES string of the molecule is CCN(C(=O)c1c(OCOC(=O)N2CCOC(C(C)C)C2)c2c(Cl)cccc2n(C)c1=O)c1ccccc1. The summed E-state index contributed by atoms with van der Waals surface area (Å²) in [5, 5.41) is 0.676. The van der Waals surface area contributed by atoms with E-state index in [1.807, 2.05) is 39.0 Å². The van der Waals surface area contributed by atoms with Gasteiger partial charge in [-0.05, 0) is 37.1 Å². The monoisotopic (exact) mass is 541 g/mol. The lowest BCUT2D eigenvalue weighted by Crippen LogP contribution is -2.47. The smallest absolute Gasteiger partial charge is 0.412 e. The summed E-state index contributed by atoms with van der Waals surface area (Å²) in [6, 6.07) is 14.1. The summed E-state index contributed by atoms with van der Waals surface area (Å²) in [6.07, 6.45) is -0.648. The molecule has 2 amide bonds. The minimum Gasteiger partial charge on any atom is -0.455 e. The number of ether oxygens (including phenoxy) is 3. The highest BCUT2D eigenvalue weighted by Gasteiger charge is 2.30. The second kappa shape index (κ2) is 11.9. The predicted octanol–water partition coefficient (Wildman–Crippen LogP) is 4.69. The first kappa shape index (κ1) is 27.5. The van der Waals surface area contributed by atoms with Crippen LogP contribution in [0, 0.1) is 5.92 Å². The lowest BCUT2D eigenvalue weighted by Gasteiger charge is -2.34. The van der Waals surface area contributed by atoms with Crippen LogP contribution in [0.2, 0.25) is 5.02 Å². The van der Waals surface area contributed by atoms with Gasteiger partial charge in [0.25, 0.3) is 11.5 Å². The van der Waals surface area contributed by atoms with E-state index >= 15 is 0 Å². The van der Waals surface area contributed by atoms with E-state index in [-0.39, 0.29) is 23.3 Å². The molecule has 2 aromatic carbocycles. The molecule has 0 radical (unpaired) electrons. The van der Waals surface area contributed by atoms with Crippen molar-refractivity contribution in [2.24, 2.45) is 13.0 Å². The number of pyridine rings is 1. The van der Waals surface area contributed by atoms with Crippen molar-refractivity contribution >= 4 is 40.2 Å². The molecule has 0 bridgehead atoms. The quantitative estimate of drug-likeness (QED) is 0.403. The molecule has 4 rings (SSSR count). The number of nitrogens with zero attached hydrogens (tertiary/aromatic N) is 3. The standard InChI is InChI=1S/C28H32ClN3O6/c1-5-32(19-10-7-6-8-11-19)27(34)24-25(23-20(29)12-9-13-21(23)30(4)26(24)33)37-17-38-28(35)31-14-15-36-22(16-31)18(2)3/h6-13,18,22H,5,14-17H2,1-4H3. The zero-order valence-electron chi connectivity index (χ0n) is 22.0. The molecule has 1 aromatic heterocycles. The van der Waals surface area contributed by atoms with Crippen molar-refractivity contribution in [2.75, 3.05) is 37.9 Å². The van der Waals surface area contributed by atoms with E-state index in [1.54, 1.807) is 42.3 Å². The van der Waals surface area contributed by atoms with Crippen LogP contribution in [0.5, 0.6) is 5.75 Å². The molecule has 2 heterocycles. The lowest BCUT2D eigenvalue weighted by atomic mass is 10.1. The molecule has 10 heteroatoms. The highest BCUT2D eigenvalue weighted by molar-refractivity contribution is 6.36. The van der Waals surface area contributed by atoms with E-state index in [4.69, 9.17) is 25.8 Å². The van der Waals surface area contributed by atoms with Gasteiger partial charge < -0.3 is 28.6 Å². The number of hydrogen-bond acceptors (Lipinski definition) is 6. The van der Waals surface area contributed by atoms with Crippen molar-refractivity contribution in [3.63, 3.8) is 0 Å². The molecule has 1 atom stereocenters. The molecule has 0 N–H and O–H groups in total. The number of hydrogen-bond donors (Lipinski definition) is 0. The lowest BCUT2D eigenvalue weighted by molar-refractivity contribution is -0.0540. The number of para-hydroxylation sites is 1. The second-order valence-corrected chi connectivity index (χ2v) is 9.77. The molecule has 38 heavy (non-hydrogen) atoms. The molecular formula is C28H32ClN3O6. The van der Waals surface area contributed by atoms with Gasteiger partial charge in [-0.15, -0.1) is 0 Å². The van der Waals surface area contributed by atoms with Gasteiger partial charge in [-0.1, -0.05) is 49.7 Å². The molecular weight excluding hydrogens is 510 g/mol. The first-order chi connectivity index (χ1) is 18.2. The van der Waals surface area contributed by atoms with Gasteiger partial charge in [0.2, 0.25) is 6.79 Å². The van der Waals surface area contributed by atoms with Crippen LogP contribution in [0.15, 0.2) is 53.3 Å². The zero-order chi connectivity index (χ0) is 27.4. The van der Waals surface area contributed by atoms with Crippen molar-refractivity contribution < 1.29 is 23.8 Å². The number of morpholine rings is 1. The van der Waals surface area contributed by atoms with Crippen LogP contribution >= 0.6 is 11.6 Å². The van der Waals surface area contributed by atoms with Gasteiger partial charge in [-0.3, -0.25) is 9.59 Å². The van der Waals surface area contributed by atoms with E-state index in [2.05, 4.69) is 0 Å². The van der Waals surface area contributed by atoms with Gasteiger partial charge in [-0.25, -0.2) is 4.79 Å². The van der Waals surface area contributed by atoms with Crippen LogP contribution in [0.1, 0.15) is 31.1 Å². The zero-order valence-corrected chi connectivity index (χ0v) is 22.7. The van der Waals surface area contributed by atoms with E-state index in [0.29, 0.717) is 47.9 Å². The maximum Gasteiger partial charge on any atom is 0.412 e. The Hall–Kier alpha value is -3.56. The summed E-state index contributed by atoms with van der Waals surface area (Å²) in [5.41, 5.74) is 0.372. The average Bonchev–Trinajstić information content (AvgIpc) is 2.92. The van der Waals surface area contributed by atoms with Crippen LogP contribution < -0.4 is 15.2 Å². The van der Waals surface area contributed by atoms with Crippen LogP contribution in [0.3, 0.4) is 0 Å². The largest absolute Gasteiger partial charge is 0.455 e. The summed E-state index contributed by atoms with van der Waals surface area (Å²) in [4.78, 5) is 43.2. The molecule has 202 valence electrons. The Morgan fingerprint density at radius 3 is 2.58 bits per heavy atom. The minimum atomic E-state index is -0.564. The molecule has 1 aliphatic rings. The normalized spacial score (nSPS) is 15.5. The molecule has 1 saturated heterocycles. The average molecular weight is 542 g/mol. The third-order valence-corrected chi connectivity index (χ3v) is 6.96. The fraction of sp³-hybridized carbons (Fsp3) is 0.393. The van der Waals surface area contributed by atoms with Gasteiger partial charge in [0.1, 0.15) is 5.56 Å². The van der Waals surface area contributed by atoms with E-state index < -0.39 is 24.4 Å². The second-order valence-electron chi connectivity index (χ2n) is 9.36. The van der Waals surface area contributed by atoms with Crippen LogP contribution in [-0.4, -0.2) is 60.6 Å². The molecule has 1 fully saturated rings. The molecule has 9 nitrogen and oxygen atoms in total. The van der Waals surface area contributed by atoms with Crippen molar-refractivity contribution in [1.29, 1.82) is 0 Å². The predicted molar refractivity (Wildman–Crippen MR) is 146 cm³/mol. The highest BCUT2D eigenvalue weighted by Crippen LogP contribution is 2.34. The van der Waals surface area contributed by atoms with Crippen molar-refractivity contribution in [2.45, 2.75) is 26.9 Å². The molecule has 1 unspecified atom stereocenters. The Kier molecular flexibility index (Phi) is 8.58. The number of amides is 2. The Labute approximate surface area is 226 Å². The van der Waals surface area contributed by atoms with Gasteiger partial charge in [0.05, 0.1) is 35.2 Å². The maximum atomic E-state index is 13.8. The Bertz CT molecular complexity index is 1370. The number of rotatable bonds is 7. The van der Waals surface area contributed by atoms with Crippen molar-refractivity contribution in [1.82, 2.24) is 9.47 Å². The third-order valence-electron chi connectivity index (χ3n) is 6.65. The summed E-state index contributed by atoms with van der Waals surface area (Å²) in [7, 11) is 1.57. The molecule has 0 saturated carbocycles. The van der Waals surface area contributed by atoms with Gasteiger partial charge in [0.15, 0.2) is 5.75 Å². The van der Waals surface area contributed by atoms with E-state index in [1.165, 1.54) is 9.47 Å². The third kappa shape index (κ3) is 5.49. The number of aromatic nitrogens is 1. The molecule has 3 aromatic rings.